The van der Waals surface area contributed by atoms with E-state index in [1.165, 1.54) is 11.1 Å². The Balaban J connectivity index is 1.75. The van der Waals surface area contributed by atoms with E-state index in [4.69, 9.17) is 9.84 Å². The van der Waals surface area contributed by atoms with E-state index < -0.39 is 5.97 Å². The van der Waals surface area contributed by atoms with Crippen LogP contribution in [0.1, 0.15) is 63.0 Å². The van der Waals surface area contributed by atoms with Gasteiger partial charge in [0, 0.05) is 25.4 Å². The van der Waals surface area contributed by atoms with Crippen molar-refractivity contribution in [2.45, 2.75) is 64.7 Å². The molecule has 164 valence electrons. The van der Waals surface area contributed by atoms with Crippen LogP contribution in [0.4, 0.5) is 0 Å². The topological polar surface area (TPSA) is 63.6 Å². The number of aryl methyl sites for hydroxylation is 1. The number of Topliss-reactive ketones (excluding diaryl/α,β-unsaturated/α-hetero) is 1. The second-order valence-electron chi connectivity index (χ2n) is 8.00. The van der Waals surface area contributed by atoms with Crippen LogP contribution < -0.4 is 0 Å². The highest BCUT2D eigenvalue weighted by atomic mass is 16.5. The minimum absolute atomic E-state index is 0.0823. The molecule has 1 fully saturated rings. The largest absolute Gasteiger partial charge is 0.481 e. The molecule has 0 saturated heterocycles. The maximum Gasteiger partial charge on any atom is 0.303 e. The van der Waals surface area contributed by atoms with E-state index in [-0.39, 0.29) is 12.3 Å². The van der Waals surface area contributed by atoms with Crippen LogP contribution in [0, 0.1) is 11.8 Å². The molecule has 1 aliphatic carbocycles. The number of ether oxygens (including phenoxy) is 1. The average Bonchev–Trinajstić information content (AvgIpc) is 3.08. The van der Waals surface area contributed by atoms with Crippen molar-refractivity contribution in [3.05, 3.63) is 59.7 Å². The molecule has 0 aromatic heterocycles. The fraction of sp³-hybridized carbons (Fsp3) is 0.538. The third-order valence-corrected chi connectivity index (χ3v) is 5.69. The van der Waals surface area contributed by atoms with E-state index in [0.717, 1.165) is 51.7 Å². The van der Waals surface area contributed by atoms with Crippen LogP contribution in [-0.4, -0.2) is 30.1 Å². The second kappa shape index (κ2) is 13.9. The minimum atomic E-state index is -0.753. The van der Waals surface area contributed by atoms with E-state index in [1.54, 1.807) is 0 Å². The van der Waals surface area contributed by atoms with Gasteiger partial charge in [-0.15, -0.1) is 0 Å². The van der Waals surface area contributed by atoms with Crippen molar-refractivity contribution in [2.24, 2.45) is 11.8 Å². The van der Waals surface area contributed by atoms with Crippen LogP contribution in [0.15, 0.2) is 48.6 Å². The van der Waals surface area contributed by atoms with Crippen molar-refractivity contribution >= 4 is 11.8 Å². The second-order valence-corrected chi connectivity index (χ2v) is 8.00. The molecule has 30 heavy (non-hydrogen) atoms. The lowest BCUT2D eigenvalue weighted by atomic mass is 9.91. The summed E-state index contributed by atoms with van der Waals surface area (Å²) in [6.07, 6.45) is 15.5. The Morgan fingerprint density at radius 2 is 1.97 bits per heavy atom. The normalized spacial score (nSPS) is 19.3. The van der Waals surface area contributed by atoms with Gasteiger partial charge < -0.3 is 9.84 Å². The smallest absolute Gasteiger partial charge is 0.303 e. The summed E-state index contributed by atoms with van der Waals surface area (Å²) in [5, 5.41) is 8.66. The number of unbranched alkanes of at least 4 members (excludes halogenated alkanes) is 1. The number of ketones is 1. The first kappa shape index (κ1) is 24.1. The van der Waals surface area contributed by atoms with Crippen molar-refractivity contribution in [1.29, 1.82) is 0 Å². The van der Waals surface area contributed by atoms with Crippen LogP contribution in [0.5, 0.6) is 0 Å². The number of carbonyl (C=O) groups is 2. The minimum Gasteiger partial charge on any atom is -0.481 e. The molecular formula is C26H36O4. The zero-order chi connectivity index (χ0) is 21.6. The maximum absolute atomic E-state index is 12.2. The summed E-state index contributed by atoms with van der Waals surface area (Å²) in [6, 6.07) is 8.72. The summed E-state index contributed by atoms with van der Waals surface area (Å²) in [5.74, 6) is 0.0243. The van der Waals surface area contributed by atoms with Gasteiger partial charge in [0.15, 0.2) is 0 Å². The highest BCUT2D eigenvalue weighted by molar-refractivity contribution is 5.83. The van der Waals surface area contributed by atoms with Gasteiger partial charge in [0.05, 0.1) is 6.61 Å². The van der Waals surface area contributed by atoms with Gasteiger partial charge >= 0.3 is 5.97 Å². The van der Waals surface area contributed by atoms with E-state index in [2.05, 4.69) is 42.5 Å². The zero-order valence-electron chi connectivity index (χ0n) is 18.2. The van der Waals surface area contributed by atoms with Gasteiger partial charge in [-0.25, -0.2) is 0 Å². The molecule has 1 aromatic carbocycles. The molecule has 4 nitrogen and oxygen atoms in total. The summed E-state index contributed by atoms with van der Waals surface area (Å²) in [6.45, 7) is 3.55. The van der Waals surface area contributed by atoms with E-state index in [9.17, 15) is 9.59 Å². The molecule has 0 spiro atoms. The molecule has 0 heterocycles. The zero-order valence-corrected chi connectivity index (χ0v) is 18.2. The van der Waals surface area contributed by atoms with Gasteiger partial charge in [-0.1, -0.05) is 48.6 Å². The van der Waals surface area contributed by atoms with Gasteiger partial charge in [-0.3, -0.25) is 9.59 Å². The summed E-state index contributed by atoms with van der Waals surface area (Å²) < 4.78 is 5.44. The van der Waals surface area contributed by atoms with Crippen molar-refractivity contribution in [3.8, 4) is 0 Å². The Hall–Kier alpha value is -2.20. The number of carbonyl (C=O) groups excluding carboxylic acids is 1. The molecule has 0 radical (unpaired) electrons. The van der Waals surface area contributed by atoms with E-state index in [1.807, 2.05) is 13.0 Å². The molecule has 0 amide bonds. The SMILES string of the molecule is CCOCCc1cccc(CC/C=C/C2CCC(=O)[C@@H]2C/C=C\CCCC(=O)O)c1. The van der Waals surface area contributed by atoms with Crippen molar-refractivity contribution in [2.75, 3.05) is 13.2 Å². The highest BCUT2D eigenvalue weighted by Gasteiger charge is 2.31. The predicted octanol–water partition coefficient (Wildman–Crippen LogP) is 5.55. The van der Waals surface area contributed by atoms with Crippen LogP contribution >= 0.6 is 0 Å². The van der Waals surface area contributed by atoms with Crippen LogP contribution in [0.3, 0.4) is 0 Å². The molecule has 2 atom stereocenters. The number of hydrogen-bond donors (Lipinski definition) is 1. The van der Waals surface area contributed by atoms with Gasteiger partial charge in [-0.2, -0.15) is 0 Å². The highest BCUT2D eigenvalue weighted by Crippen LogP contribution is 2.33. The summed E-state index contributed by atoms with van der Waals surface area (Å²) in [4.78, 5) is 22.8. The number of carboxylic acid groups (broad SMARTS) is 1. The average molecular weight is 413 g/mol. The van der Waals surface area contributed by atoms with E-state index in [0.29, 0.717) is 24.5 Å². The molecule has 1 N–H and O–H groups in total. The summed E-state index contributed by atoms with van der Waals surface area (Å²) in [7, 11) is 0. The lowest BCUT2D eigenvalue weighted by Crippen LogP contribution is -2.12. The number of allylic oxidation sites excluding steroid dienone is 4. The number of hydrogen-bond acceptors (Lipinski definition) is 3. The first-order chi connectivity index (χ1) is 14.6. The van der Waals surface area contributed by atoms with Crippen LogP contribution in [-0.2, 0) is 27.2 Å². The fourth-order valence-corrected chi connectivity index (χ4v) is 4.00. The molecule has 2 rings (SSSR count). The number of rotatable bonds is 14. The van der Waals surface area contributed by atoms with Gasteiger partial charge in [-0.05, 0) is 68.9 Å². The van der Waals surface area contributed by atoms with Crippen LogP contribution in [0.2, 0.25) is 0 Å². The van der Waals surface area contributed by atoms with Crippen molar-refractivity contribution < 1.29 is 19.4 Å². The Kier molecular flexibility index (Phi) is 11.2. The molecule has 4 heteroatoms. The molecular weight excluding hydrogens is 376 g/mol. The standard InChI is InChI=1S/C26H36O4/c1-2-30-19-18-22-12-9-11-21(20-22)10-7-8-13-23-16-17-25(27)24(23)14-5-3-4-6-15-26(28)29/h3,5,8-9,11-13,20,23-24H,2,4,6-7,10,14-19H2,1H3,(H,28,29)/b5-3-,13-8+/t23?,24-/m1/s1. The monoisotopic (exact) mass is 412 g/mol. The lowest BCUT2D eigenvalue weighted by molar-refractivity contribution is -0.137. The Morgan fingerprint density at radius 1 is 1.17 bits per heavy atom. The molecule has 1 saturated carbocycles. The van der Waals surface area contributed by atoms with Crippen molar-refractivity contribution in [1.82, 2.24) is 0 Å². The first-order valence-electron chi connectivity index (χ1n) is 11.3. The van der Waals surface area contributed by atoms with Gasteiger partial charge in [0.2, 0.25) is 0 Å². The third-order valence-electron chi connectivity index (χ3n) is 5.69. The molecule has 1 aliphatic rings. The fourth-order valence-electron chi connectivity index (χ4n) is 4.00. The Morgan fingerprint density at radius 3 is 2.73 bits per heavy atom. The lowest BCUT2D eigenvalue weighted by Gasteiger charge is -2.12. The quantitative estimate of drug-likeness (QED) is 0.321. The number of benzene rings is 1. The van der Waals surface area contributed by atoms with Gasteiger partial charge in [0.1, 0.15) is 5.78 Å². The predicted molar refractivity (Wildman–Crippen MR) is 121 cm³/mol. The molecule has 1 unspecified atom stereocenters. The Bertz CT molecular complexity index is 719. The number of aliphatic carboxylic acids is 1. The van der Waals surface area contributed by atoms with Gasteiger partial charge in [0.25, 0.3) is 0 Å². The maximum atomic E-state index is 12.2. The molecule has 1 aromatic rings. The third kappa shape index (κ3) is 9.08. The van der Waals surface area contributed by atoms with E-state index >= 15 is 0 Å². The summed E-state index contributed by atoms with van der Waals surface area (Å²) in [5.41, 5.74) is 2.67. The first-order valence-corrected chi connectivity index (χ1v) is 11.3. The molecule has 0 bridgehead atoms. The molecule has 0 aliphatic heterocycles. The van der Waals surface area contributed by atoms with Crippen LogP contribution in [0.25, 0.3) is 0 Å². The number of carboxylic acids is 1. The summed E-state index contributed by atoms with van der Waals surface area (Å²) >= 11 is 0. The van der Waals surface area contributed by atoms with Crippen molar-refractivity contribution in [3.63, 3.8) is 0 Å². The Labute approximate surface area is 181 Å².